The molecule has 0 atom stereocenters. The van der Waals surface area contributed by atoms with Crippen molar-refractivity contribution in [2.24, 2.45) is 7.05 Å². The minimum atomic E-state index is -0.317. The Labute approximate surface area is 72.0 Å². The van der Waals surface area contributed by atoms with Crippen LogP contribution in [0.15, 0.2) is 11.0 Å². The van der Waals surface area contributed by atoms with Crippen LogP contribution in [-0.4, -0.2) is 9.55 Å². The predicted molar refractivity (Wildman–Crippen MR) is 50.0 cm³/mol. The molecule has 12 heavy (non-hydrogen) atoms. The van der Waals surface area contributed by atoms with Gasteiger partial charge in [-0.2, -0.15) is 4.98 Å². The molecule has 0 radical (unpaired) electrons. The van der Waals surface area contributed by atoms with Crippen molar-refractivity contribution >= 4 is 5.82 Å². The predicted octanol–water partition coefficient (Wildman–Crippen LogP) is 0.697. The van der Waals surface area contributed by atoms with Crippen molar-refractivity contribution in [2.75, 3.05) is 5.73 Å². The number of nitrogens with zero attached hydrogens (tertiary/aromatic N) is 2. The van der Waals surface area contributed by atoms with Gasteiger partial charge in [-0.1, -0.05) is 13.8 Å². The Morgan fingerprint density at radius 3 is 2.42 bits per heavy atom. The molecule has 0 unspecified atom stereocenters. The summed E-state index contributed by atoms with van der Waals surface area (Å²) in [5.41, 5.74) is 5.87. The summed E-state index contributed by atoms with van der Waals surface area (Å²) in [5, 5.41) is 0. The lowest BCUT2D eigenvalue weighted by atomic mass is 10.3. The normalized spacial score (nSPS) is 8.67. The first kappa shape index (κ1) is 10.7. The van der Waals surface area contributed by atoms with Crippen LogP contribution in [0.25, 0.3) is 0 Å². The van der Waals surface area contributed by atoms with E-state index in [0.717, 1.165) is 5.56 Å². The van der Waals surface area contributed by atoms with Crippen molar-refractivity contribution in [3.05, 3.63) is 22.2 Å². The highest BCUT2D eigenvalue weighted by Crippen LogP contribution is 1.99. The maximum absolute atomic E-state index is 10.8. The lowest BCUT2D eigenvalue weighted by molar-refractivity contribution is 0.805. The standard InChI is InChI=1S/C6H9N3O.C2H6/c1-4-3-9(2)6(10)8-5(4)7;1-2/h3H,1-2H3,(H2,7,8,10);1-2H3. The molecule has 1 aromatic heterocycles. The molecule has 0 amide bonds. The van der Waals surface area contributed by atoms with Crippen LogP contribution in [0, 0.1) is 6.92 Å². The zero-order chi connectivity index (χ0) is 9.72. The average Bonchev–Trinajstić information content (AvgIpc) is 2.05. The second-order valence-corrected chi connectivity index (χ2v) is 2.20. The largest absolute Gasteiger partial charge is 0.383 e. The van der Waals surface area contributed by atoms with Gasteiger partial charge < -0.3 is 10.3 Å². The van der Waals surface area contributed by atoms with Gasteiger partial charge in [-0.25, -0.2) is 4.79 Å². The third-order valence-electron chi connectivity index (χ3n) is 1.31. The smallest absolute Gasteiger partial charge is 0.349 e. The number of hydrogen-bond acceptors (Lipinski definition) is 3. The Morgan fingerprint density at radius 1 is 1.50 bits per heavy atom. The number of aromatic nitrogens is 2. The molecule has 4 heteroatoms. The number of nitrogen functional groups attached to an aromatic ring is 1. The summed E-state index contributed by atoms with van der Waals surface area (Å²) in [7, 11) is 1.64. The summed E-state index contributed by atoms with van der Waals surface area (Å²) in [5.74, 6) is 0.308. The van der Waals surface area contributed by atoms with Gasteiger partial charge in [0.25, 0.3) is 0 Å². The van der Waals surface area contributed by atoms with Crippen molar-refractivity contribution in [3.63, 3.8) is 0 Å². The van der Waals surface area contributed by atoms with E-state index in [4.69, 9.17) is 5.73 Å². The molecule has 0 aliphatic rings. The maximum atomic E-state index is 10.8. The third-order valence-corrected chi connectivity index (χ3v) is 1.31. The van der Waals surface area contributed by atoms with E-state index in [0.29, 0.717) is 5.82 Å². The van der Waals surface area contributed by atoms with E-state index in [2.05, 4.69) is 4.98 Å². The Kier molecular flexibility index (Phi) is 4.04. The Hall–Kier alpha value is -1.32. The van der Waals surface area contributed by atoms with Gasteiger partial charge in [-0.15, -0.1) is 0 Å². The van der Waals surface area contributed by atoms with Crippen molar-refractivity contribution < 1.29 is 0 Å². The molecule has 0 aliphatic heterocycles. The molecule has 1 heterocycles. The van der Waals surface area contributed by atoms with Crippen LogP contribution in [0.5, 0.6) is 0 Å². The van der Waals surface area contributed by atoms with E-state index in [1.54, 1.807) is 13.2 Å². The van der Waals surface area contributed by atoms with Crippen molar-refractivity contribution in [2.45, 2.75) is 20.8 Å². The lowest BCUT2D eigenvalue weighted by Crippen LogP contribution is -2.21. The van der Waals surface area contributed by atoms with Gasteiger partial charge in [-0.3, -0.25) is 0 Å². The van der Waals surface area contributed by atoms with Crippen LogP contribution in [0.4, 0.5) is 5.82 Å². The molecule has 0 fully saturated rings. The number of aryl methyl sites for hydroxylation is 2. The topological polar surface area (TPSA) is 60.9 Å². The molecule has 0 spiro atoms. The van der Waals surface area contributed by atoms with Crippen LogP contribution < -0.4 is 11.4 Å². The number of rotatable bonds is 0. The van der Waals surface area contributed by atoms with E-state index in [1.807, 2.05) is 20.8 Å². The second kappa shape index (κ2) is 4.54. The Bertz CT molecular complexity index is 304. The summed E-state index contributed by atoms with van der Waals surface area (Å²) >= 11 is 0. The van der Waals surface area contributed by atoms with Crippen LogP contribution in [0.2, 0.25) is 0 Å². The molecule has 2 N–H and O–H groups in total. The first-order valence-electron chi connectivity index (χ1n) is 3.91. The van der Waals surface area contributed by atoms with Crippen LogP contribution in [0.1, 0.15) is 19.4 Å². The van der Waals surface area contributed by atoms with Gasteiger partial charge in [0.15, 0.2) is 0 Å². The lowest BCUT2D eigenvalue weighted by Gasteiger charge is -1.99. The van der Waals surface area contributed by atoms with Gasteiger partial charge in [0.1, 0.15) is 5.82 Å². The first-order chi connectivity index (χ1) is 5.61. The van der Waals surface area contributed by atoms with Gasteiger partial charge >= 0.3 is 5.69 Å². The fraction of sp³-hybridized carbons (Fsp3) is 0.500. The van der Waals surface area contributed by atoms with E-state index in [-0.39, 0.29) is 5.69 Å². The van der Waals surface area contributed by atoms with Crippen LogP contribution in [-0.2, 0) is 7.05 Å². The van der Waals surface area contributed by atoms with Crippen molar-refractivity contribution in [1.29, 1.82) is 0 Å². The Balaban J connectivity index is 0.000000561. The zero-order valence-electron chi connectivity index (χ0n) is 7.96. The average molecular weight is 169 g/mol. The summed E-state index contributed by atoms with van der Waals surface area (Å²) < 4.78 is 1.39. The second-order valence-electron chi connectivity index (χ2n) is 2.20. The quantitative estimate of drug-likeness (QED) is 0.621. The molecular formula is C8H15N3O. The molecule has 4 nitrogen and oxygen atoms in total. The SMILES string of the molecule is CC.Cc1cn(C)c(=O)nc1N. The van der Waals surface area contributed by atoms with E-state index in [9.17, 15) is 4.79 Å². The monoisotopic (exact) mass is 169 g/mol. The zero-order valence-corrected chi connectivity index (χ0v) is 7.96. The van der Waals surface area contributed by atoms with Crippen molar-refractivity contribution in [1.82, 2.24) is 9.55 Å². The van der Waals surface area contributed by atoms with Crippen LogP contribution in [0.3, 0.4) is 0 Å². The summed E-state index contributed by atoms with van der Waals surface area (Å²) in [6, 6.07) is 0. The molecule has 0 aliphatic carbocycles. The number of nitrogens with two attached hydrogens (primary N) is 1. The van der Waals surface area contributed by atoms with Gasteiger partial charge in [0, 0.05) is 18.8 Å². The molecule has 0 saturated heterocycles. The Morgan fingerprint density at radius 2 is 2.00 bits per heavy atom. The highest BCUT2D eigenvalue weighted by molar-refractivity contribution is 5.34. The molecule has 1 rings (SSSR count). The minimum Gasteiger partial charge on any atom is -0.383 e. The summed E-state index contributed by atoms with van der Waals surface area (Å²) in [6.45, 7) is 5.81. The fourth-order valence-electron chi connectivity index (χ4n) is 0.682. The summed E-state index contributed by atoms with van der Waals surface area (Å²) in [6.07, 6.45) is 1.66. The molecule has 68 valence electrons. The molecular weight excluding hydrogens is 154 g/mol. The molecule has 0 saturated carbocycles. The fourth-order valence-corrected chi connectivity index (χ4v) is 0.682. The van der Waals surface area contributed by atoms with Crippen LogP contribution >= 0.6 is 0 Å². The van der Waals surface area contributed by atoms with Gasteiger partial charge in [0.05, 0.1) is 0 Å². The minimum absolute atomic E-state index is 0.308. The maximum Gasteiger partial charge on any atom is 0.349 e. The highest BCUT2D eigenvalue weighted by Gasteiger charge is 1.96. The third kappa shape index (κ3) is 2.38. The number of hydrogen-bond donors (Lipinski definition) is 1. The van der Waals surface area contributed by atoms with Gasteiger partial charge in [-0.05, 0) is 6.92 Å². The molecule has 0 bridgehead atoms. The number of anilines is 1. The summed E-state index contributed by atoms with van der Waals surface area (Å²) in [4.78, 5) is 14.3. The molecule has 0 aromatic carbocycles. The van der Waals surface area contributed by atoms with E-state index in [1.165, 1.54) is 4.57 Å². The van der Waals surface area contributed by atoms with Crippen molar-refractivity contribution in [3.8, 4) is 0 Å². The first-order valence-corrected chi connectivity index (χ1v) is 3.91. The van der Waals surface area contributed by atoms with Gasteiger partial charge in [0.2, 0.25) is 0 Å². The van der Waals surface area contributed by atoms with E-state index < -0.39 is 0 Å². The highest BCUT2D eigenvalue weighted by atomic mass is 16.1. The van der Waals surface area contributed by atoms with E-state index >= 15 is 0 Å². The molecule has 1 aromatic rings.